The van der Waals surface area contributed by atoms with Crippen molar-refractivity contribution in [2.45, 2.75) is 13.5 Å². The molecule has 0 aliphatic carbocycles. The Labute approximate surface area is 108 Å². The second-order valence-corrected chi connectivity index (χ2v) is 3.89. The van der Waals surface area contributed by atoms with Crippen molar-refractivity contribution in [3.63, 3.8) is 0 Å². The molecule has 0 spiro atoms. The van der Waals surface area contributed by atoms with Crippen LogP contribution in [0.15, 0.2) is 28.8 Å². The van der Waals surface area contributed by atoms with Crippen LogP contribution in [0, 0.1) is 17.0 Å². The lowest BCUT2D eigenvalue weighted by Crippen LogP contribution is -2.08. The van der Waals surface area contributed by atoms with E-state index >= 15 is 0 Å². The molecular weight excluding hydrogens is 250 g/mol. The van der Waals surface area contributed by atoms with Gasteiger partial charge in [-0.2, -0.15) is 0 Å². The average Bonchev–Trinajstić information content (AvgIpc) is 2.81. The number of nitro groups is 1. The van der Waals surface area contributed by atoms with E-state index in [9.17, 15) is 10.1 Å². The van der Waals surface area contributed by atoms with Gasteiger partial charge in [0.25, 0.3) is 5.69 Å². The minimum atomic E-state index is -0.485. The van der Waals surface area contributed by atoms with Gasteiger partial charge in [0.05, 0.1) is 23.4 Å². The van der Waals surface area contributed by atoms with Crippen LogP contribution in [0.2, 0.25) is 0 Å². The standard InChI is InChI=1S/C11H13N5O3/c1-7-5-14-11(19-7)6-13-8-2-9(15-12)4-10(3-8)16(17)18/h2-5,13,15H,6,12H2,1H3. The molecule has 1 aromatic carbocycles. The topological polar surface area (TPSA) is 119 Å². The Morgan fingerprint density at radius 2 is 2.16 bits per heavy atom. The van der Waals surface area contributed by atoms with E-state index in [-0.39, 0.29) is 5.69 Å². The molecule has 0 atom stereocenters. The molecule has 4 N–H and O–H groups in total. The third kappa shape index (κ3) is 3.19. The molecule has 1 heterocycles. The number of non-ortho nitro benzene ring substituents is 1. The molecule has 100 valence electrons. The number of nitrogens with one attached hydrogen (secondary N) is 2. The van der Waals surface area contributed by atoms with Gasteiger partial charge in [-0.1, -0.05) is 0 Å². The number of oxazole rings is 1. The maximum absolute atomic E-state index is 10.8. The molecule has 0 saturated heterocycles. The van der Waals surface area contributed by atoms with Crippen LogP contribution in [0.25, 0.3) is 0 Å². The average molecular weight is 263 g/mol. The minimum absolute atomic E-state index is 0.0541. The quantitative estimate of drug-likeness (QED) is 0.427. The second kappa shape index (κ2) is 5.36. The highest BCUT2D eigenvalue weighted by atomic mass is 16.6. The van der Waals surface area contributed by atoms with Crippen LogP contribution in [0.4, 0.5) is 17.1 Å². The lowest BCUT2D eigenvalue weighted by Gasteiger charge is -2.06. The maximum atomic E-state index is 10.8. The summed E-state index contributed by atoms with van der Waals surface area (Å²) in [5, 5.41) is 13.8. The SMILES string of the molecule is Cc1cnc(CNc2cc(NN)cc([N+](=O)[O-])c2)o1. The Morgan fingerprint density at radius 3 is 2.74 bits per heavy atom. The van der Waals surface area contributed by atoms with E-state index < -0.39 is 4.92 Å². The molecule has 2 aromatic rings. The van der Waals surface area contributed by atoms with Gasteiger partial charge in [-0.15, -0.1) is 0 Å². The third-order valence-corrected chi connectivity index (χ3v) is 2.41. The molecule has 8 nitrogen and oxygen atoms in total. The zero-order valence-electron chi connectivity index (χ0n) is 10.2. The number of nitrogen functional groups attached to an aromatic ring is 1. The van der Waals surface area contributed by atoms with Crippen molar-refractivity contribution in [1.29, 1.82) is 0 Å². The summed E-state index contributed by atoms with van der Waals surface area (Å²) in [6.07, 6.45) is 1.61. The smallest absolute Gasteiger partial charge is 0.273 e. The molecule has 0 radical (unpaired) electrons. The van der Waals surface area contributed by atoms with Gasteiger partial charge in [0.1, 0.15) is 5.76 Å². The van der Waals surface area contributed by atoms with Crippen LogP contribution >= 0.6 is 0 Å². The zero-order valence-corrected chi connectivity index (χ0v) is 10.2. The fraction of sp³-hybridized carbons (Fsp3) is 0.182. The van der Waals surface area contributed by atoms with Crippen molar-refractivity contribution in [2.75, 3.05) is 10.7 Å². The Bertz CT molecular complexity index is 596. The molecular formula is C11H13N5O3. The molecule has 0 aliphatic heterocycles. The summed E-state index contributed by atoms with van der Waals surface area (Å²) < 4.78 is 5.29. The summed E-state index contributed by atoms with van der Waals surface area (Å²) in [5.74, 6) is 6.48. The van der Waals surface area contributed by atoms with Gasteiger partial charge in [0.15, 0.2) is 0 Å². The summed E-state index contributed by atoms with van der Waals surface area (Å²) in [6, 6.07) is 4.42. The normalized spacial score (nSPS) is 10.2. The van der Waals surface area contributed by atoms with Gasteiger partial charge in [0, 0.05) is 17.8 Å². The first-order chi connectivity index (χ1) is 9.08. The number of hydrogen-bond acceptors (Lipinski definition) is 7. The third-order valence-electron chi connectivity index (χ3n) is 2.41. The van der Waals surface area contributed by atoms with E-state index in [1.807, 2.05) is 0 Å². The molecule has 19 heavy (non-hydrogen) atoms. The Hall–Kier alpha value is -2.61. The van der Waals surface area contributed by atoms with Crippen molar-refractivity contribution in [3.05, 3.63) is 46.2 Å². The van der Waals surface area contributed by atoms with Crippen molar-refractivity contribution in [1.82, 2.24) is 4.98 Å². The number of nitrogens with two attached hydrogens (primary N) is 1. The van der Waals surface area contributed by atoms with Gasteiger partial charge in [-0.3, -0.25) is 16.0 Å². The van der Waals surface area contributed by atoms with Crippen LogP contribution in [-0.4, -0.2) is 9.91 Å². The number of anilines is 2. The number of rotatable bonds is 5. The monoisotopic (exact) mass is 263 g/mol. The van der Waals surface area contributed by atoms with Crippen LogP contribution in [0.3, 0.4) is 0 Å². The first kappa shape index (κ1) is 12.8. The summed E-state index contributed by atoms with van der Waals surface area (Å²) >= 11 is 0. The van der Waals surface area contributed by atoms with E-state index in [1.165, 1.54) is 12.1 Å². The number of hydrazine groups is 1. The van der Waals surface area contributed by atoms with Crippen molar-refractivity contribution >= 4 is 17.1 Å². The largest absolute Gasteiger partial charge is 0.444 e. The Balaban J connectivity index is 2.15. The van der Waals surface area contributed by atoms with Crippen LogP contribution in [0.5, 0.6) is 0 Å². The van der Waals surface area contributed by atoms with E-state index in [1.54, 1.807) is 19.2 Å². The molecule has 2 rings (SSSR count). The van der Waals surface area contributed by atoms with Crippen molar-refractivity contribution in [3.8, 4) is 0 Å². The number of hydrogen-bond donors (Lipinski definition) is 3. The highest BCUT2D eigenvalue weighted by Crippen LogP contribution is 2.24. The molecule has 0 amide bonds. The fourth-order valence-electron chi connectivity index (χ4n) is 1.56. The van der Waals surface area contributed by atoms with E-state index in [2.05, 4.69) is 15.7 Å². The lowest BCUT2D eigenvalue weighted by molar-refractivity contribution is -0.384. The van der Waals surface area contributed by atoms with Crippen LogP contribution in [-0.2, 0) is 6.54 Å². The van der Waals surface area contributed by atoms with E-state index in [0.29, 0.717) is 29.6 Å². The second-order valence-electron chi connectivity index (χ2n) is 3.89. The van der Waals surface area contributed by atoms with Gasteiger partial charge in [-0.05, 0) is 13.0 Å². The van der Waals surface area contributed by atoms with Crippen LogP contribution < -0.4 is 16.6 Å². The predicted molar refractivity (Wildman–Crippen MR) is 69.5 cm³/mol. The predicted octanol–water partition coefficient (Wildman–Crippen LogP) is 1.79. The number of benzene rings is 1. The van der Waals surface area contributed by atoms with Gasteiger partial charge < -0.3 is 15.2 Å². The molecule has 8 heteroatoms. The van der Waals surface area contributed by atoms with E-state index in [4.69, 9.17) is 10.3 Å². The maximum Gasteiger partial charge on any atom is 0.273 e. The highest BCUT2D eigenvalue weighted by molar-refractivity contribution is 5.62. The zero-order chi connectivity index (χ0) is 13.8. The van der Waals surface area contributed by atoms with Crippen molar-refractivity contribution < 1.29 is 9.34 Å². The van der Waals surface area contributed by atoms with Gasteiger partial charge >= 0.3 is 0 Å². The summed E-state index contributed by atoms with van der Waals surface area (Å²) in [6.45, 7) is 2.12. The molecule has 1 aromatic heterocycles. The number of nitro benzene ring substituents is 1. The number of aromatic nitrogens is 1. The molecule has 0 unspecified atom stereocenters. The Morgan fingerprint density at radius 1 is 1.42 bits per heavy atom. The fourth-order valence-corrected chi connectivity index (χ4v) is 1.56. The van der Waals surface area contributed by atoms with Crippen molar-refractivity contribution in [2.24, 2.45) is 5.84 Å². The lowest BCUT2D eigenvalue weighted by atomic mass is 10.2. The molecule has 0 aliphatic rings. The molecule has 0 bridgehead atoms. The first-order valence-electron chi connectivity index (χ1n) is 5.50. The highest BCUT2D eigenvalue weighted by Gasteiger charge is 2.10. The Kier molecular flexibility index (Phi) is 3.62. The summed E-state index contributed by atoms with van der Waals surface area (Å²) in [5.41, 5.74) is 3.33. The van der Waals surface area contributed by atoms with E-state index in [0.717, 1.165) is 0 Å². The minimum Gasteiger partial charge on any atom is -0.444 e. The van der Waals surface area contributed by atoms with Gasteiger partial charge in [0.2, 0.25) is 5.89 Å². The summed E-state index contributed by atoms with van der Waals surface area (Å²) in [7, 11) is 0. The van der Waals surface area contributed by atoms with Crippen LogP contribution in [0.1, 0.15) is 11.7 Å². The number of nitrogens with zero attached hydrogens (tertiary/aromatic N) is 2. The molecule has 0 fully saturated rings. The summed E-state index contributed by atoms with van der Waals surface area (Å²) in [4.78, 5) is 14.3. The number of aryl methyl sites for hydroxylation is 1. The first-order valence-corrected chi connectivity index (χ1v) is 5.50. The molecule has 0 saturated carbocycles. The van der Waals surface area contributed by atoms with Gasteiger partial charge in [-0.25, -0.2) is 4.98 Å².